The lowest BCUT2D eigenvalue weighted by molar-refractivity contribution is -0.158. The molecule has 2 rings (SSSR count). The van der Waals surface area contributed by atoms with E-state index in [0.29, 0.717) is 0 Å². The zero-order valence-corrected chi connectivity index (χ0v) is 20.3. The fraction of sp³-hybridized carbons (Fsp3) is 0.700. The van der Waals surface area contributed by atoms with Gasteiger partial charge in [0.2, 0.25) is 5.91 Å². The summed E-state index contributed by atoms with van der Waals surface area (Å²) in [6.07, 6.45) is -4.92. The molecule has 1 unspecified atom stereocenters. The van der Waals surface area contributed by atoms with Crippen molar-refractivity contribution in [3.63, 3.8) is 0 Å². The van der Waals surface area contributed by atoms with Crippen molar-refractivity contribution in [3.05, 3.63) is 22.7 Å². The van der Waals surface area contributed by atoms with Crippen molar-refractivity contribution < 1.29 is 41.5 Å². The highest BCUT2D eigenvalue weighted by Crippen LogP contribution is 2.56. The molecule has 5 atom stereocenters. The first-order valence-electron chi connectivity index (χ1n) is 10.8. The lowest BCUT2D eigenvalue weighted by Crippen LogP contribution is -2.45. The molecule has 0 spiro atoms. The Morgan fingerprint density at radius 3 is 2.47 bits per heavy atom. The molecule has 0 saturated carbocycles. The molecule has 34 heavy (non-hydrogen) atoms. The van der Waals surface area contributed by atoms with Crippen LogP contribution in [0.1, 0.15) is 53.2 Å². The number of hydrogen-bond acceptors (Lipinski definition) is 10. The summed E-state index contributed by atoms with van der Waals surface area (Å²) in [6.45, 7) is 5.07. The number of anilines is 1. The van der Waals surface area contributed by atoms with Crippen molar-refractivity contribution in [1.82, 2.24) is 9.55 Å². The highest BCUT2D eigenvalue weighted by Gasteiger charge is 2.59. The van der Waals surface area contributed by atoms with Gasteiger partial charge in [0.05, 0.1) is 19.6 Å². The minimum Gasteiger partial charge on any atom is -0.456 e. The number of esters is 1. The first kappa shape index (κ1) is 28.0. The van der Waals surface area contributed by atoms with Crippen molar-refractivity contribution in [3.8, 4) is 0 Å². The smallest absolute Gasteiger partial charge is 0.364 e. The maximum Gasteiger partial charge on any atom is 0.364 e. The maximum absolute atomic E-state index is 16.0. The Morgan fingerprint density at radius 2 is 1.94 bits per heavy atom. The van der Waals surface area contributed by atoms with Gasteiger partial charge in [0.1, 0.15) is 17.7 Å². The summed E-state index contributed by atoms with van der Waals surface area (Å²) in [5, 5.41) is 0. The number of carbonyl (C=O) groups is 2. The van der Waals surface area contributed by atoms with Crippen molar-refractivity contribution in [2.24, 2.45) is 0 Å². The molecule has 0 bridgehead atoms. The number of rotatable bonds is 12. The molecule has 2 N–H and O–H groups in total. The second kappa shape index (κ2) is 11.5. The van der Waals surface area contributed by atoms with Gasteiger partial charge >= 0.3 is 19.3 Å². The number of Topliss-reactive ketones (excluding diaryl/α,β-unsaturated/α-hetero) is 1. The molecule has 192 valence electrons. The van der Waals surface area contributed by atoms with Crippen molar-refractivity contribution in [2.75, 3.05) is 18.9 Å². The Hall–Kier alpha value is -2.21. The third-order valence-electron chi connectivity index (χ3n) is 5.11. The monoisotopic (exact) mass is 509 g/mol. The Balaban J connectivity index is 2.39. The molecule has 1 aromatic rings. The van der Waals surface area contributed by atoms with Crippen molar-refractivity contribution in [1.29, 1.82) is 0 Å². The van der Waals surface area contributed by atoms with E-state index < -0.39 is 55.7 Å². The summed E-state index contributed by atoms with van der Waals surface area (Å²) in [5.74, 6) is -3.56. The van der Waals surface area contributed by atoms with Gasteiger partial charge in [-0.15, -0.1) is 0 Å². The lowest BCUT2D eigenvalue weighted by Gasteiger charge is -2.28. The number of nitrogen functional groups attached to an aromatic ring is 1. The first-order chi connectivity index (χ1) is 15.9. The Bertz CT molecular complexity index is 979. The van der Waals surface area contributed by atoms with Crippen LogP contribution in [0.4, 0.5) is 14.6 Å². The van der Waals surface area contributed by atoms with Gasteiger partial charge in [0.15, 0.2) is 18.0 Å². The molecule has 14 heteroatoms. The van der Waals surface area contributed by atoms with E-state index >= 15 is 8.78 Å². The van der Waals surface area contributed by atoms with E-state index in [-0.39, 0.29) is 37.7 Å². The van der Waals surface area contributed by atoms with Gasteiger partial charge < -0.3 is 29.0 Å². The van der Waals surface area contributed by atoms with Crippen LogP contribution in [0.15, 0.2) is 17.1 Å². The second-order valence-electron chi connectivity index (χ2n) is 7.88. The van der Waals surface area contributed by atoms with E-state index in [9.17, 15) is 18.9 Å². The van der Waals surface area contributed by atoms with Crippen molar-refractivity contribution in [2.45, 2.75) is 77.0 Å². The molecule has 0 aromatic carbocycles. The van der Waals surface area contributed by atoms with E-state index in [2.05, 4.69) is 4.98 Å². The lowest BCUT2D eigenvalue weighted by atomic mass is 9.96. The average Bonchev–Trinajstić information content (AvgIpc) is 2.97. The van der Waals surface area contributed by atoms with Crippen LogP contribution in [0.2, 0.25) is 0 Å². The summed E-state index contributed by atoms with van der Waals surface area (Å²) in [4.78, 5) is 39.3. The van der Waals surface area contributed by atoms with Crippen LogP contribution in [0, 0.1) is 0 Å². The minimum absolute atomic E-state index is 0.108. The number of carbonyl (C=O) groups excluding carboxylic acids is 2. The van der Waals surface area contributed by atoms with E-state index in [1.807, 2.05) is 0 Å². The van der Waals surface area contributed by atoms with Gasteiger partial charge in [0, 0.05) is 19.0 Å². The fourth-order valence-electron chi connectivity index (χ4n) is 3.54. The maximum atomic E-state index is 16.0. The van der Waals surface area contributed by atoms with Crippen LogP contribution in [0.3, 0.4) is 0 Å². The molecule has 2 heterocycles. The highest BCUT2D eigenvalue weighted by molar-refractivity contribution is 7.54. The summed E-state index contributed by atoms with van der Waals surface area (Å²) in [7, 11) is -4.25. The van der Waals surface area contributed by atoms with Crippen molar-refractivity contribution >= 4 is 25.2 Å². The van der Waals surface area contributed by atoms with Gasteiger partial charge in [0.25, 0.3) is 0 Å². The molecule has 1 aliphatic rings. The molecular weight excluding hydrogens is 479 g/mol. The Labute approximate surface area is 195 Å². The number of hydrogen-bond donors (Lipinski definition) is 1. The van der Waals surface area contributed by atoms with Crippen LogP contribution in [0.25, 0.3) is 0 Å². The number of nitrogens with two attached hydrogens (primary N) is 1. The molecule has 1 aliphatic heterocycles. The average molecular weight is 509 g/mol. The van der Waals surface area contributed by atoms with Gasteiger partial charge in [-0.2, -0.15) is 4.98 Å². The summed E-state index contributed by atoms with van der Waals surface area (Å²) >= 11 is 0. The summed E-state index contributed by atoms with van der Waals surface area (Å²) < 4.78 is 65.7. The fourth-order valence-corrected chi connectivity index (χ4v) is 5.13. The zero-order valence-electron chi connectivity index (χ0n) is 19.4. The number of ether oxygens (including phenoxy) is 2. The van der Waals surface area contributed by atoms with Gasteiger partial charge in [-0.05, 0) is 33.8 Å². The number of aromatic nitrogens is 2. The molecule has 1 fully saturated rings. The van der Waals surface area contributed by atoms with E-state index in [1.165, 1.54) is 26.8 Å². The quantitative estimate of drug-likeness (QED) is 0.329. The summed E-state index contributed by atoms with van der Waals surface area (Å²) in [6, 6.07) is 1.23. The van der Waals surface area contributed by atoms with Crippen LogP contribution in [-0.2, 0) is 32.7 Å². The third kappa shape index (κ3) is 6.47. The van der Waals surface area contributed by atoms with Gasteiger partial charge in [-0.1, -0.05) is 0 Å². The Morgan fingerprint density at radius 1 is 1.32 bits per heavy atom. The molecule has 0 radical (unpaired) electrons. The largest absolute Gasteiger partial charge is 0.456 e. The number of alkyl halides is 2. The SMILES string of the molecule is CCOP(=O)(OCC)C(F)C[C@H]1O[C@@H](n2ccc(N)nc2=O)[C@](C)(F)[C@@H]1OC(=O)CCC(C)=O. The molecular formula is C20H30F2N3O8P. The number of ketones is 1. The van der Waals surface area contributed by atoms with E-state index in [0.717, 1.165) is 17.7 Å². The first-order valence-corrected chi connectivity index (χ1v) is 12.4. The zero-order chi connectivity index (χ0) is 25.7. The standard InChI is InChI=1S/C20H30F2N3O8P/c1-5-30-34(29,31-6-2)14(21)11-13-17(33-16(27)8-7-12(3)26)20(4,22)18(32-13)25-10-9-15(23)24-19(25)28/h9-10,13-14,17-18H,5-8,11H2,1-4H3,(H2,23,24,28)/t13-,14?,17-,18-,20-/m1/s1. The van der Waals surface area contributed by atoms with Gasteiger partial charge in [-0.3, -0.25) is 13.9 Å². The topological polar surface area (TPSA) is 149 Å². The highest BCUT2D eigenvalue weighted by atomic mass is 31.2. The third-order valence-corrected chi connectivity index (χ3v) is 7.25. The van der Waals surface area contributed by atoms with E-state index in [1.54, 1.807) is 0 Å². The molecule has 1 saturated heterocycles. The molecule has 0 aliphatic carbocycles. The summed E-state index contributed by atoms with van der Waals surface area (Å²) in [5.41, 5.74) is 1.99. The molecule has 1 aromatic heterocycles. The van der Waals surface area contributed by atoms with Crippen LogP contribution in [-0.4, -0.2) is 58.3 Å². The number of nitrogens with zero attached hydrogens (tertiary/aromatic N) is 2. The molecule has 0 amide bonds. The van der Waals surface area contributed by atoms with Crippen LogP contribution >= 0.6 is 7.60 Å². The predicted molar refractivity (Wildman–Crippen MR) is 116 cm³/mol. The normalized spacial score (nSPS) is 25.8. The predicted octanol–water partition coefficient (Wildman–Crippen LogP) is 2.68. The van der Waals surface area contributed by atoms with Gasteiger partial charge in [-0.25, -0.2) is 13.6 Å². The molecule has 11 nitrogen and oxygen atoms in total. The van der Waals surface area contributed by atoms with E-state index in [4.69, 9.17) is 24.3 Å². The second-order valence-corrected chi connectivity index (χ2v) is 10.0. The Kier molecular flexibility index (Phi) is 9.46. The van der Waals surface area contributed by atoms with Crippen LogP contribution < -0.4 is 11.4 Å². The van der Waals surface area contributed by atoms with Crippen LogP contribution in [0.5, 0.6) is 0 Å². The minimum atomic E-state index is -4.25. The number of halogens is 2.